The van der Waals surface area contributed by atoms with E-state index in [2.05, 4.69) is 49.7 Å². The van der Waals surface area contributed by atoms with E-state index in [-0.39, 0.29) is 6.04 Å². The number of carbonyl (C=O) groups excluding carboxylic acids is 2. The van der Waals surface area contributed by atoms with Gasteiger partial charge in [0.1, 0.15) is 0 Å². The Morgan fingerprint density at radius 3 is 2.38 bits per heavy atom. The number of nitrogens with zero attached hydrogens (tertiary/aromatic N) is 3. The van der Waals surface area contributed by atoms with Crippen LogP contribution in [0.1, 0.15) is 22.7 Å². The molecule has 1 atom stereocenters. The van der Waals surface area contributed by atoms with Crippen LogP contribution in [-0.4, -0.2) is 54.4 Å². The lowest BCUT2D eigenvalue weighted by Gasteiger charge is -2.40. The van der Waals surface area contributed by atoms with Crippen molar-refractivity contribution in [2.24, 2.45) is 0 Å². The predicted molar refractivity (Wildman–Crippen MR) is 135 cm³/mol. The zero-order chi connectivity index (χ0) is 23.9. The fourth-order valence-corrected chi connectivity index (χ4v) is 4.36. The molecule has 0 saturated carbocycles. The van der Waals surface area contributed by atoms with Gasteiger partial charge in [0.05, 0.1) is 6.04 Å². The first-order valence-corrected chi connectivity index (χ1v) is 11.6. The van der Waals surface area contributed by atoms with Gasteiger partial charge in [-0.15, -0.1) is 0 Å². The number of aryl methyl sites for hydroxylation is 2. The minimum absolute atomic E-state index is 0.0653. The van der Waals surface area contributed by atoms with Gasteiger partial charge in [-0.05, 0) is 49.2 Å². The summed E-state index contributed by atoms with van der Waals surface area (Å²) in [6, 6.07) is 19.9. The van der Waals surface area contributed by atoms with E-state index in [1.165, 1.54) is 5.69 Å². The highest BCUT2D eigenvalue weighted by atomic mass is 16.2. The van der Waals surface area contributed by atoms with Crippen LogP contribution in [0, 0.1) is 13.8 Å². The molecule has 1 saturated heterocycles. The van der Waals surface area contributed by atoms with Crippen molar-refractivity contribution in [1.82, 2.24) is 15.2 Å². The molecule has 176 valence electrons. The van der Waals surface area contributed by atoms with Crippen LogP contribution in [0.5, 0.6) is 0 Å². The summed E-state index contributed by atoms with van der Waals surface area (Å²) in [5.74, 6) is -1.30. The van der Waals surface area contributed by atoms with Crippen molar-refractivity contribution in [2.45, 2.75) is 19.9 Å². The third-order valence-electron chi connectivity index (χ3n) is 6.24. The van der Waals surface area contributed by atoms with Crippen molar-refractivity contribution in [1.29, 1.82) is 0 Å². The van der Waals surface area contributed by atoms with Crippen LogP contribution in [0.25, 0.3) is 0 Å². The molecule has 2 N–H and O–H groups in total. The molecule has 1 aliphatic heterocycles. The summed E-state index contributed by atoms with van der Waals surface area (Å²) in [4.78, 5) is 34.1. The Balaban J connectivity index is 1.39. The first-order chi connectivity index (χ1) is 16.5. The maximum absolute atomic E-state index is 12.6. The van der Waals surface area contributed by atoms with E-state index in [0.29, 0.717) is 12.2 Å². The average molecular weight is 458 g/mol. The van der Waals surface area contributed by atoms with Gasteiger partial charge >= 0.3 is 11.8 Å². The number of anilines is 2. The monoisotopic (exact) mass is 457 g/mol. The third-order valence-corrected chi connectivity index (χ3v) is 6.24. The minimum Gasteiger partial charge on any atom is -0.369 e. The van der Waals surface area contributed by atoms with E-state index in [9.17, 15) is 9.59 Å². The van der Waals surface area contributed by atoms with Gasteiger partial charge in [-0.1, -0.05) is 42.0 Å². The highest BCUT2D eigenvalue weighted by Gasteiger charge is 2.27. The molecule has 1 fully saturated rings. The van der Waals surface area contributed by atoms with Crippen molar-refractivity contribution in [2.75, 3.05) is 42.9 Å². The van der Waals surface area contributed by atoms with E-state index in [0.717, 1.165) is 42.9 Å². The van der Waals surface area contributed by atoms with Gasteiger partial charge in [-0.3, -0.25) is 19.5 Å². The topological polar surface area (TPSA) is 77.6 Å². The number of carbonyl (C=O) groups is 2. The summed E-state index contributed by atoms with van der Waals surface area (Å²) >= 11 is 0. The molecule has 3 aromatic rings. The molecular formula is C27H31N5O2. The van der Waals surface area contributed by atoms with Crippen molar-refractivity contribution in [3.8, 4) is 0 Å². The second kappa shape index (κ2) is 10.9. The van der Waals surface area contributed by atoms with Crippen LogP contribution in [0.4, 0.5) is 11.4 Å². The second-order valence-electron chi connectivity index (χ2n) is 8.64. The molecule has 0 radical (unpaired) electrons. The second-order valence-corrected chi connectivity index (χ2v) is 8.64. The molecule has 4 rings (SSSR count). The summed E-state index contributed by atoms with van der Waals surface area (Å²) in [6.45, 7) is 7.70. The lowest BCUT2D eigenvalue weighted by Crippen LogP contribution is -2.50. The Kier molecular flexibility index (Phi) is 7.54. The maximum atomic E-state index is 12.6. The standard InChI is InChI=1S/C27H31N5O2/c1-20-10-11-24(21(2)17-20)30-27(34)26(33)29-19-25(22-7-6-12-28-18-22)32-15-13-31(14-16-32)23-8-4-3-5-9-23/h3-12,17-18,25H,13-16,19H2,1-2H3,(H,29,33)(H,30,34)/t25-/m0/s1. The predicted octanol–water partition coefficient (Wildman–Crippen LogP) is 3.32. The summed E-state index contributed by atoms with van der Waals surface area (Å²) in [7, 11) is 0. The molecule has 0 bridgehead atoms. The molecule has 7 heteroatoms. The first-order valence-electron chi connectivity index (χ1n) is 11.6. The molecule has 34 heavy (non-hydrogen) atoms. The summed E-state index contributed by atoms with van der Waals surface area (Å²) in [5, 5.41) is 5.56. The number of piperazine rings is 1. The quantitative estimate of drug-likeness (QED) is 0.556. The van der Waals surface area contributed by atoms with Crippen molar-refractivity contribution in [3.05, 3.63) is 89.7 Å². The van der Waals surface area contributed by atoms with Crippen LogP contribution in [0.3, 0.4) is 0 Å². The van der Waals surface area contributed by atoms with E-state index in [4.69, 9.17) is 0 Å². The van der Waals surface area contributed by atoms with E-state index < -0.39 is 11.8 Å². The number of hydrogen-bond acceptors (Lipinski definition) is 5. The number of aromatic nitrogens is 1. The number of para-hydroxylation sites is 1. The fourth-order valence-electron chi connectivity index (χ4n) is 4.36. The number of hydrogen-bond donors (Lipinski definition) is 2. The molecular weight excluding hydrogens is 426 g/mol. The Hall–Kier alpha value is -3.71. The molecule has 1 aliphatic rings. The van der Waals surface area contributed by atoms with Gasteiger partial charge < -0.3 is 15.5 Å². The van der Waals surface area contributed by atoms with Crippen LogP contribution in [0.15, 0.2) is 73.1 Å². The molecule has 1 aromatic heterocycles. The van der Waals surface area contributed by atoms with Gasteiger partial charge in [0.25, 0.3) is 0 Å². The molecule has 0 spiro atoms. The zero-order valence-corrected chi connectivity index (χ0v) is 19.7. The minimum atomic E-state index is -0.661. The molecule has 0 aliphatic carbocycles. The first kappa shape index (κ1) is 23.4. The fraction of sp³-hybridized carbons (Fsp3) is 0.296. The molecule has 0 unspecified atom stereocenters. The van der Waals surface area contributed by atoms with Crippen LogP contribution in [-0.2, 0) is 9.59 Å². The molecule has 7 nitrogen and oxygen atoms in total. The zero-order valence-electron chi connectivity index (χ0n) is 19.7. The van der Waals surface area contributed by atoms with Gasteiger partial charge in [-0.2, -0.15) is 0 Å². The van der Waals surface area contributed by atoms with Gasteiger partial charge in [0.2, 0.25) is 0 Å². The van der Waals surface area contributed by atoms with Crippen LogP contribution in [0.2, 0.25) is 0 Å². The highest BCUT2D eigenvalue weighted by molar-refractivity contribution is 6.39. The lowest BCUT2D eigenvalue weighted by molar-refractivity contribution is -0.136. The molecule has 2 amide bonds. The van der Waals surface area contributed by atoms with Gasteiger partial charge in [0.15, 0.2) is 0 Å². The Morgan fingerprint density at radius 1 is 0.941 bits per heavy atom. The Labute approximate surface area is 200 Å². The van der Waals surface area contributed by atoms with E-state index in [1.807, 2.05) is 56.4 Å². The van der Waals surface area contributed by atoms with Crippen molar-refractivity contribution >= 4 is 23.2 Å². The molecule has 2 heterocycles. The normalized spacial score (nSPS) is 14.9. The number of nitrogens with one attached hydrogen (secondary N) is 2. The lowest BCUT2D eigenvalue weighted by atomic mass is 10.1. The van der Waals surface area contributed by atoms with Crippen molar-refractivity contribution in [3.63, 3.8) is 0 Å². The summed E-state index contributed by atoms with van der Waals surface area (Å²) < 4.78 is 0. The Morgan fingerprint density at radius 2 is 1.71 bits per heavy atom. The highest BCUT2D eigenvalue weighted by Crippen LogP contribution is 2.23. The van der Waals surface area contributed by atoms with Crippen LogP contribution >= 0.6 is 0 Å². The SMILES string of the molecule is Cc1ccc(NC(=O)C(=O)NC[C@@H](c2cccnc2)N2CCN(c3ccccc3)CC2)c(C)c1. The largest absolute Gasteiger partial charge is 0.369 e. The number of benzene rings is 2. The summed E-state index contributed by atoms with van der Waals surface area (Å²) in [5.41, 5.74) is 4.91. The average Bonchev–Trinajstić information content (AvgIpc) is 2.87. The molecule has 2 aromatic carbocycles. The third kappa shape index (κ3) is 5.80. The van der Waals surface area contributed by atoms with Gasteiger partial charge in [0, 0.05) is 56.5 Å². The number of amides is 2. The van der Waals surface area contributed by atoms with Crippen LogP contribution < -0.4 is 15.5 Å². The maximum Gasteiger partial charge on any atom is 0.313 e. The summed E-state index contributed by atoms with van der Waals surface area (Å²) in [6.07, 6.45) is 3.57. The number of pyridine rings is 1. The number of rotatable bonds is 6. The Bertz CT molecular complexity index is 1110. The van der Waals surface area contributed by atoms with Gasteiger partial charge in [-0.25, -0.2) is 0 Å². The van der Waals surface area contributed by atoms with Crippen molar-refractivity contribution < 1.29 is 9.59 Å². The van der Waals surface area contributed by atoms with E-state index >= 15 is 0 Å². The van der Waals surface area contributed by atoms with E-state index in [1.54, 1.807) is 6.20 Å². The smallest absolute Gasteiger partial charge is 0.313 e.